The number of nitrogens with zero attached hydrogens (tertiary/aromatic N) is 2. The number of sulfonamides is 1. The van der Waals surface area contributed by atoms with Gasteiger partial charge in [-0.1, -0.05) is 11.6 Å². The number of amides is 2. The number of hydrogen-bond donors (Lipinski definition) is 1. The summed E-state index contributed by atoms with van der Waals surface area (Å²) in [5, 5.41) is 2.52. The maximum atomic E-state index is 12.8. The molecule has 26 heavy (non-hydrogen) atoms. The molecule has 0 spiro atoms. The molecule has 0 unspecified atom stereocenters. The van der Waals surface area contributed by atoms with Gasteiger partial charge >= 0.3 is 0 Å². The zero-order valence-corrected chi connectivity index (χ0v) is 15.9. The van der Waals surface area contributed by atoms with E-state index in [0.717, 1.165) is 23.6 Å². The third kappa shape index (κ3) is 3.79. The summed E-state index contributed by atoms with van der Waals surface area (Å²) < 4.78 is 31.9. The summed E-state index contributed by atoms with van der Waals surface area (Å²) in [5.74, 6) is -0.342. The van der Waals surface area contributed by atoms with E-state index in [4.69, 9.17) is 16.3 Å². The van der Waals surface area contributed by atoms with Crippen molar-refractivity contribution in [1.82, 2.24) is 9.21 Å². The second-order valence-corrected chi connectivity index (χ2v) is 8.74. The predicted molar refractivity (Wildman–Crippen MR) is 95.8 cm³/mol. The number of rotatable bonds is 4. The second-order valence-electron chi connectivity index (χ2n) is 6.32. The third-order valence-corrected chi connectivity index (χ3v) is 6.69. The minimum Gasteiger partial charge on any atom is -0.482 e. The maximum absolute atomic E-state index is 12.8. The van der Waals surface area contributed by atoms with Crippen LogP contribution < -0.4 is 10.1 Å². The number of halogens is 1. The first-order chi connectivity index (χ1) is 12.3. The van der Waals surface area contributed by atoms with Crippen LogP contribution in [0.2, 0.25) is 5.02 Å². The van der Waals surface area contributed by atoms with Gasteiger partial charge in [0, 0.05) is 26.2 Å². The van der Waals surface area contributed by atoms with E-state index in [9.17, 15) is 18.0 Å². The molecule has 0 bridgehead atoms. The zero-order chi connectivity index (χ0) is 18.9. The highest BCUT2D eigenvalue weighted by molar-refractivity contribution is 7.89. The Kier molecular flexibility index (Phi) is 5.40. The Morgan fingerprint density at radius 1 is 1.31 bits per heavy atom. The Labute approximate surface area is 157 Å². The lowest BCUT2D eigenvalue weighted by Gasteiger charge is -2.28. The van der Waals surface area contributed by atoms with Crippen LogP contribution in [0.15, 0.2) is 17.0 Å². The van der Waals surface area contributed by atoms with Gasteiger partial charge in [0.25, 0.3) is 5.91 Å². The molecule has 1 fully saturated rings. The summed E-state index contributed by atoms with van der Waals surface area (Å²) in [6.45, 7) is 0.852. The van der Waals surface area contributed by atoms with Crippen LogP contribution in [0, 0.1) is 0 Å². The summed E-state index contributed by atoms with van der Waals surface area (Å²) in [6.07, 6.45) is 2.95. The SMILES string of the molecule is CN(CC(=O)N1CCCCC1)S(=O)(=O)c1cc2c(cc1Cl)NC(=O)CO2. The third-order valence-electron chi connectivity index (χ3n) is 4.42. The quantitative estimate of drug-likeness (QED) is 0.820. The van der Waals surface area contributed by atoms with E-state index >= 15 is 0 Å². The van der Waals surface area contributed by atoms with Crippen LogP contribution in [-0.2, 0) is 19.6 Å². The molecule has 0 aromatic heterocycles. The molecule has 0 saturated carbocycles. The molecular weight excluding hydrogens is 382 g/mol. The largest absolute Gasteiger partial charge is 0.482 e. The number of benzene rings is 1. The van der Waals surface area contributed by atoms with Crippen molar-refractivity contribution in [3.8, 4) is 5.75 Å². The predicted octanol–water partition coefficient (Wildman–Crippen LogP) is 1.30. The number of fused-ring (bicyclic) bond motifs is 1. The number of carbonyl (C=O) groups is 2. The fourth-order valence-electron chi connectivity index (χ4n) is 2.97. The van der Waals surface area contributed by atoms with Crippen molar-refractivity contribution in [2.24, 2.45) is 0 Å². The molecule has 3 rings (SSSR count). The standard InChI is InChI=1S/C16H20ClN3O5S/c1-19(9-16(22)20-5-3-2-4-6-20)26(23,24)14-8-13-12(7-11(14)17)18-15(21)10-25-13/h7-8H,2-6,9-10H2,1H3,(H,18,21). The number of carbonyl (C=O) groups excluding carboxylic acids is 2. The monoisotopic (exact) mass is 401 g/mol. The Morgan fingerprint density at radius 2 is 2.00 bits per heavy atom. The van der Waals surface area contributed by atoms with E-state index < -0.39 is 10.0 Å². The summed E-state index contributed by atoms with van der Waals surface area (Å²) in [6, 6.07) is 2.61. The van der Waals surface area contributed by atoms with Gasteiger partial charge in [-0.25, -0.2) is 8.42 Å². The number of piperidine rings is 1. The molecule has 1 saturated heterocycles. The molecule has 1 aromatic carbocycles. The van der Waals surface area contributed by atoms with Gasteiger partial charge < -0.3 is 15.0 Å². The highest BCUT2D eigenvalue weighted by atomic mass is 35.5. The van der Waals surface area contributed by atoms with Crippen LogP contribution in [0.4, 0.5) is 5.69 Å². The second kappa shape index (κ2) is 7.42. The van der Waals surface area contributed by atoms with Gasteiger partial charge in [0.05, 0.1) is 17.3 Å². The number of anilines is 1. The van der Waals surface area contributed by atoms with Crippen LogP contribution >= 0.6 is 11.6 Å². The van der Waals surface area contributed by atoms with Crippen LogP contribution in [0.3, 0.4) is 0 Å². The Morgan fingerprint density at radius 3 is 2.69 bits per heavy atom. The van der Waals surface area contributed by atoms with Crippen molar-refractivity contribution in [1.29, 1.82) is 0 Å². The lowest BCUT2D eigenvalue weighted by molar-refractivity contribution is -0.132. The van der Waals surface area contributed by atoms with Crippen LogP contribution in [0.1, 0.15) is 19.3 Å². The first-order valence-electron chi connectivity index (χ1n) is 8.29. The maximum Gasteiger partial charge on any atom is 0.262 e. The molecule has 0 radical (unpaired) electrons. The van der Waals surface area contributed by atoms with Crippen LogP contribution in [0.25, 0.3) is 0 Å². The van der Waals surface area contributed by atoms with E-state index in [1.54, 1.807) is 4.90 Å². The summed E-state index contributed by atoms with van der Waals surface area (Å²) in [7, 11) is -2.65. The Balaban J connectivity index is 1.80. The van der Waals surface area contributed by atoms with Crippen molar-refractivity contribution in [3.63, 3.8) is 0 Å². The molecule has 2 heterocycles. The summed E-state index contributed by atoms with van der Waals surface area (Å²) in [4.78, 5) is 25.2. The van der Waals surface area contributed by atoms with E-state index in [-0.39, 0.29) is 40.6 Å². The molecule has 10 heteroatoms. The highest BCUT2D eigenvalue weighted by Gasteiger charge is 2.30. The average molecular weight is 402 g/mol. The summed E-state index contributed by atoms with van der Waals surface area (Å²) in [5.41, 5.74) is 0.317. The number of likely N-dealkylation sites (N-methyl/N-ethyl adjacent to an activating group) is 1. The van der Waals surface area contributed by atoms with Crippen LogP contribution in [-0.4, -0.2) is 62.7 Å². The Bertz CT molecular complexity index is 837. The highest BCUT2D eigenvalue weighted by Crippen LogP contribution is 2.36. The van der Waals surface area contributed by atoms with Crippen molar-refractivity contribution in [2.75, 3.05) is 38.6 Å². The van der Waals surface area contributed by atoms with Gasteiger partial charge in [-0.3, -0.25) is 9.59 Å². The molecule has 8 nitrogen and oxygen atoms in total. The van der Waals surface area contributed by atoms with Crippen molar-refractivity contribution < 1.29 is 22.7 Å². The molecule has 2 amide bonds. The van der Waals surface area contributed by atoms with E-state index in [1.165, 1.54) is 19.2 Å². The molecule has 0 aliphatic carbocycles. The smallest absolute Gasteiger partial charge is 0.262 e. The molecule has 2 aliphatic rings. The van der Waals surface area contributed by atoms with Gasteiger partial charge in [0.2, 0.25) is 15.9 Å². The molecule has 2 aliphatic heterocycles. The van der Waals surface area contributed by atoms with Gasteiger partial charge in [-0.15, -0.1) is 0 Å². The van der Waals surface area contributed by atoms with E-state index in [0.29, 0.717) is 18.8 Å². The van der Waals surface area contributed by atoms with E-state index in [2.05, 4.69) is 5.32 Å². The molecule has 142 valence electrons. The lowest BCUT2D eigenvalue weighted by atomic mass is 10.1. The van der Waals surface area contributed by atoms with Gasteiger partial charge in [0.15, 0.2) is 6.61 Å². The topological polar surface area (TPSA) is 96.0 Å². The summed E-state index contributed by atoms with van der Waals surface area (Å²) >= 11 is 6.11. The minimum atomic E-state index is -3.99. The first kappa shape index (κ1) is 18.9. The average Bonchev–Trinajstić information content (AvgIpc) is 2.61. The number of nitrogens with one attached hydrogen (secondary N) is 1. The Hall–Kier alpha value is -1.84. The van der Waals surface area contributed by atoms with Crippen molar-refractivity contribution in [2.45, 2.75) is 24.2 Å². The first-order valence-corrected chi connectivity index (χ1v) is 10.1. The van der Waals surface area contributed by atoms with Gasteiger partial charge in [0.1, 0.15) is 10.6 Å². The van der Waals surface area contributed by atoms with Gasteiger partial charge in [-0.05, 0) is 25.3 Å². The van der Waals surface area contributed by atoms with Gasteiger partial charge in [-0.2, -0.15) is 4.31 Å². The molecular formula is C16H20ClN3O5S. The molecule has 0 atom stereocenters. The fraction of sp³-hybridized carbons (Fsp3) is 0.500. The zero-order valence-electron chi connectivity index (χ0n) is 14.3. The van der Waals surface area contributed by atoms with Crippen molar-refractivity contribution in [3.05, 3.63) is 17.2 Å². The fourth-order valence-corrected chi connectivity index (χ4v) is 4.60. The molecule has 1 aromatic rings. The van der Waals surface area contributed by atoms with Crippen LogP contribution in [0.5, 0.6) is 5.75 Å². The normalized spacial score (nSPS) is 17.5. The number of likely N-dealkylation sites (tertiary alicyclic amines) is 1. The minimum absolute atomic E-state index is 0.0492. The van der Waals surface area contributed by atoms with E-state index in [1.807, 2.05) is 0 Å². The number of hydrogen-bond acceptors (Lipinski definition) is 5. The van der Waals surface area contributed by atoms with Crippen molar-refractivity contribution >= 4 is 39.1 Å². The molecule has 1 N–H and O–H groups in total. The lowest BCUT2D eigenvalue weighted by Crippen LogP contribution is -2.43. The number of ether oxygens (including phenoxy) is 1.